The Hall–Kier alpha value is -3.29. The number of piperidine rings is 1. The number of halogens is 7. The zero-order chi connectivity index (χ0) is 33.5. The first-order valence-electron chi connectivity index (χ1n) is 15.1. The number of benzene rings is 1. The van der Waals surface area contributed by atoms with Gasteiger partial charge in [-0.25, -0.2) is 4.39 Å². The van der Waals surface area contributed by atoms with E-state index in [1.165, 1.54) is 23.0 Å². The van der Waals surface area contributed by atoms with Gasteiger partial charge in [-0.15, -0.1) is 0 Å². The SMILES string of the molecule is CCc1nn(CC)c(C)c1C1CCN(CC[C@H](NC(=O)C2CCC2)c2cccc(F)c2)CC1.O=C(C(=O)C(F)(F)F)C(F)(F)F. The first kappa shape index (κ1) is 36.2. The van der Waals surface area contributed by atoms with Crippen molar-refractivity contribution < 1.29 is 45.1 Å². The van der Waals surface area contributed by atoms with Gasteiger partial charge in [0, 0.05) is 24.7 Å². The summed E-state index contributed by atoms with van der Waals surface area (Å²) in [6.07, 6.45) is -4.39. The molecule has 0 radical (unpaired) electrons. The molecular weight excluding hydrogens is 609 g/mol. The van der Waals surface area contributed by atoms with Gasteiger partial charge in [0.1, 0.15) is 5.82 Å². The van der Waals surface area contributed by atoms with E-state index in [0.717, 1.165) is 76.7 Å². The van der Waals surface area contributed by atoms with Crippen molar-refractivity contribution in [3.8, 4) is 0 Å². The van der Waals surface area contributed by atoms with E-state index in [0.29, 0.717) is 5.92 Å². The maximum Gasteiger partial charge on any atom is 0.458 e. The minimum absolute atomic E-state index is 0.129. The number of alkyl halides is 6. The van der Waals surface area contributed by atoms with Crippen molar-refractivity contribution >= 4 is 17.5 Å². The molecule has 1 aromatic carbocycles. The minimum atomic E-state index is -5.77. The summed E-state index contributed by atoms with van der Waals surface area (Å²) < 4.78 is 83.0. The van der Waals surface area contributed by atoms with Gasteiger partial charge in [0.25, 0.3) is 0 Å². The first-order valence-corrected chi connectivity index (χ1v) is 15.1. The number of rotatable bonds is 10. The van der Waals surface area contributed by atoms with Crippen LogP contribution < -0.4 is 5.32 Å². The summed E-state index contributed by atoms with van der Waals surface area (Å²) in [5.41, 5.74) is 4.94. The van der Waals surface area contributed by atoms with Crippen molar-refractivity contribution in [2.24, 2.45) is 5.92 Å². The molecule has 1 saturated carbocycles. The van der Waals surface area contributed by atoms with Crippen molar-refractivity contribution in [1.29, 1.82) is 0 Å². The number of likely N-dealkylation sites (tertiary alicyclic amines) is 1. The fourth-order valence-corrected chi connectivity index (χ4v) is 5.74. The van der Waals surface area contributed by atoms with Crippen LogP contribution in [0.5, 0.6) is 0 Å². The number of aromatic nitrogens is 2. The summed E-state index contributed by atoms with van der Waals surface area (Å²) in [5.74, 6) is -6.22. The normalized spacial score (nSPS) is 17.2. The van der Waals surface area contributed by atoms with Gasteiger partial charge in [-0.3, -0.25) is 19.1 Å². The van der Waals surface area contributed by atoms with Gasteiger partial charge in [0.05, 0.1) is 11.7 Å². The van der Waals surface area contributed by atoms with E-state index in [1.807, 2.05) is 6.07 Å². The zero-order valence-electron chi connectivity index (χ0n) is 25.5. The largest absolute Gasteiger partial charge is 0.458 e. The summed E-state index contributed by atoms with van der Waals surface area (Å²) >= 11 is 0. The molecule has 2 aromatic rings. The summed E-state index contributed by atoms with van der Waals surface area (Å²) in [6, 6.07) is 6.57. The monoisotopic (exact) mass is 648 g/mol. The number of amides is 1. The van der Waals surface area contributed by atoms with E-state index in [2.05, 4.69) is 35.7 Å². The van der Waals surface area contributed by atoms with Crippen LogP contribution in [0, 0.1) is 18.7 Å². The van der Waals surface area contributed by atoms with Gasteiger partial charge in [0.2, 0.25) is 5.91 Å². The molecule has 0 unspecified atom stereocenters. The van der Waals surface area contributed by atoms with Crippen molar-refractivity contribution in [3.05, 3.63) is 52.6 Å². The van der Waals surface area contributed by atoms with E-state index >= 15 is 0 Å². The van der Waals surface area contributed by atoms with Crippen LogP contribution in [0.2, 0.25) is 0 Å². The van der Waals surface area contributed by atoms with Crippen molar-refractivity contribution in [2.45, 2.75) is 96.6 Å². The van der Waals surface area contributed by atoms with E-state index in [-0.39, 0.29) is 23.7 Å². The Morgan fingerprint density at radius 3 is 2.04 bits per heavy atom. The quantitative estimate of drug-likeness (QED) is 0.239. The van der Waals surface area contributed by atoms with E-state index in [1.54, 1.807) is 12.1 Å². The predicted molar refractivity (Wildman–Crippen MR) is 152 cm³/mol. The Balaban J connectivity index is 0.000000392. The van der Waals surface area contributed by atoms with Gasteiger partial charge < -0.3 is 10.2 Å². The molecule has 1 saturated heterocycles. The first-order chi connectivity index (χ1) is 21.1. The third-order valence-electron chi connectivity index (χ3n) is 8.46. The van der Waals surface area contributed by atoms with Crippen LogP contribution in [0.4, 0.5) is 30.7 Å². The van der Waals surface area contributed by atoms with Crippen LogP contribution in [-0.2, 0) is 27.3 Å². The zero-order valence-corrected chi connectivity index (χ0v) is 25.5. The Bertz CT molecular complexity index is 1300. The molecule has 2 fully saturated rings. The molecule has 1 amide bonds. The third kappa shape index (κ3) is 9.60. The number of aryl methyl sites for hydroxylation is 2. The minimum Gasteiger partial charge on any atom is -0.349 e. The number of carbonyl (C=O) groups excluding carboxylic acids is 3. The second-order valence-corrected chi connectivity index (χ2v) is 11.4. The van der Waals surface area contributed by atoms with Crippen LogP contribution in [0.3, 0.4) is 0 Å². The summed E-state index contributed by atoms with van der Waals surface area (Å²) in [7, 11) is 0. The Kier molecular flexibility index (Phi) is 12.3. The average molecular weight is 649 g/mol. The number of nitrogens with zero attached hydrogens (tertiary/aromatic N) is 3. The lowest BCUT2D eigenvalue weighted by molar-refractivity contribution is -0.193. The molecule has 1 aliphatic carbocycles. The molecule has 14 heteroatoms. The van der Waals surface area contributed by atoms with E-state index < -0.39 is 23.9 Å². The van der Waals surface area contributed by atoms with E-state index in [9.17, 15) is 45.1 Å². The highest BCUT2D eigenvalue weighted by atomic mass is 19.4. The lowest BCUT2D eigenvalue weighted by atomic mass is 9.84. The second-order valence-electron chi connectivity index (χ2n) is 11.4. The highest BCUT2D eigenvalue weighted by Gasteiger charge is 2.54. The molecule has 1 N–H and O–H groups in total. The maximum atomic E-state index is 13.9. The Morgan fingerprint density at radius 1 is 0.978 bits per heavy atom. The second kappa shape index (κ2) is 15.3. The van der Waals surface area contributed by atoms with Crippen LogP contribution in [0.1, 0.15) is 86.8 Å². The standard InChI is InChI=1S/C27H39FN4O.C4F6O2/c1-4-24-26(19(3)32(5-2)30-24)20-12-15-31(16-13-20)17-14-25(22-10-7-11-23(28)18-22)29-27(33)21-8-6-9-21;5-3(6,7)1(11)2(12)4(8,9)10/h7,10-11,18,20-21,25H,4-6,8-9,12-17H2,1-3H3,(H,29,33);/t25-;/m0./s1. The Labute approximate surface area is 257 Å². The lowest BCUT2D eigenvalue weighted by Gasteiger charge is -2.34. The predicted octanol–water partition coefficient (Wildman–Crippen LogP) is 6.39. The van der Waals surface area contributed by atoms with Crippen LogP contribution in [-0.4, -0.2) is 64.1 Å². The number of nitrogens with one attached hydrogen (secondary N) is 1. The highest BCUT2D eigenvalue weighted by Crippen LogP contribution is 2.34. The smallest absolute Gasteiger partial charge is 0.349 e. The van der Waals surface area contributed by atoms with E-state index in [4.69, 9.17) is 5.10 Å². The molecule has 250 valence electrons. The molecule has 4 rings (SSSR count). The maximum absolute atomic E-state index is 13.9. The summed E-state index contributed by atoms with van der Waals surface area (Å²) in [4.78, 5) is 34.4. The van der Waals surface area contributed by atoms with Crippen molar-refractivity contribution in [2.75, 3.05) is 19.6 Å². The van der Waals surface area contributed by atoms with Crippen LogP contribution in [0.15, 0.2) is 24.3 Å². The van der Waals surface area contributed by atoms with Crippen LogP contribution in [0.25, 0.3) is 0 Å². The number of ketones is 2. The summed E-state index contributed by atoms with van der Waals surface area (Å²) in [6.45, 7) is 10.5. The molecular formula is C31H39F7N4O3. The molecule has 0 spiro atoms. The van der Waals surface area contributed by atoms with Gasteiger partial charge >= 0.3 is 23.9 Å². The molecule has 2 heterocycles. The van der Waals surface area contributed by atoms with Gasteiger partial charge in [-0.1, -0.05) is 25.5 Å². The number of carbonyl (C=O) groups is 3. The topological polar surface area (TPSA) is 84.3 Å². The third-order valence-corrected chi connectivity index (χ3v) is 8.46. The molecule has 45 heavy (non-hydrogen) atoms. The van der Waals surface area contributed by atoms with Crippen LogP contribution >= 0.6 is 0 Å². The fourth-order valence-electron chi connectivity index (χ4n) is 5.74. The lowest BCUT2D eigenvalue weighted by Crippen LogP contribution is -2.39. The van der Waals surface area contributed by atoms with Gasteiger partial charge in [-0.05, 0) is 94.6 Å². The van der Waals surface area contributed by atoms with Gasteiger partial charge in [0.15, 0.2) is 0 Å². The molecule has 2 aliphatic rings. The number of hydrogen-bond acceptors (Lipinski definition) is 5. The number of Topliss-reactive ketones (excluding diaryl/α,β-unsaturated/α-hetero) is 2. The Morgan fingerprint density at radius 2 is 1.58 bits per heavy atom. The van der Waals surface area contributed by atoms with Gasteiger partial charge in [-0.2, -0.15) is 31.4 Å². The fraction of sp³-hybridized carbons (Fsp3) is 0.613. The van der Waals surface area contributed by atoms with Crippen molar-refractivity contribution in [1.82, 2.24) is 20.0 Å². The molecule has 1 aliphatic heterocycles. The average Bonchev–Trinajstić information content (AvgIpc) is 3.28. The molecule has 1 atom stereocenters. The molecule has 0 bridgehead atoms. The molecule has 7 nitrogen and oxygen atoms in total. The number of hydrogen-bond donors (Lipinski definition) is 1. The summed E-state index contributed by atoms with van der Waals surface area (Å²) in [5, 5.41) is 8.05. The molecule has 1 aromatic heterocycles. The van der Waals surface area contributed by atoms with Crippen molar-refractivity contribution in [3.63, 3.8) is 0 Å². The highest BCUT2D eigenvalue weighted by molar-refractivity contribution is 6.41.